The molecule has 7 heteroatoms. The van der Waals surface area contributed by atoms with Crippen LogP contribution in [0.2, 0.25) is 0 Å². The molecule has 2 N–H and O–H groups in total. The number of hydrazone groups is 1. The Bertz CT molecular complexity index is 1110. The fourth-order valence-corrected chi connectivity index (χ4v) is 3.60. The van der Waals surface area contributed by atoms with E-state index in [4.69, 9.17) is 9.47 Å². The lowest BCUT2D eigenvalue weighted by Gasteiger charge is -2.19. The summed E-state index contributed by atoms with van der Waals surface area (Å²) in [6.07, 6.45) is 0.0378. The molecule has 7 nitrogen and oxygen atoms in total. The number of rotatable bonds is 7. The molecule has 3 aromatic rings. The van der Waals surface area contributed by atoms with Gasteiger partial charge < -0.3 is 14.8 Å². The smallest absolute Gasteiger partial charge is 0.252 e. The minimum absolute atomic E-state index is 0.0378. The largest absolute Gasteiger partial charge is 0.486 e. The third-order valence-corrected chi connectivity index (χ3v) is 5.13. The van der Waals surface area contributed by atoms with E-state index in [-0.39, 0.29) is 18.2 Å². The van der Waals surface area contributed by atoms with E-state index in [1.165, 1.54) is 0 Å². The molecule has 0 radical (unpaired) electrons. The van der Waals surface area contributed by atoms with Crippen molar-refractivity contribution in [2.45, 2.75) is 19.3 Å². The van der Waals surface area contributed by atoms with Crippen LogP contribution in [0.5, 0.6) is 11.5 Å². The monoisotopic (exact) mass is 443 g/mol. The Morgan fingerprint density at radius 2 is 1.48 bits per heavy atom. The van der Waals surface area contributed by atoms with Crippen molar-refractivity contribution in [2.24, 2.45) is 5.10 Å². The van der Waals surface area contributed by atoms with Crippen molar-refractivity contribution in [2.75, 3.05) is 18.5 Å². The van der Waals surface area contributed by atoms with Crippen LogP contribution in [-0.2, 0) is 9.59 Å². The summed E-state index contributed by atoms with van der Waals surface area (Å²) in [4.78, 5) is 25.5. The quantitative estimate of drug-likeness (QED) is 0.425. The maximum Gasteiger partial charge on any atom is 0.252 e. The second kappa shape index (κ2) is 10.5. The first-order valence-electron chi connectivity index (χ1n) is 10.7. The number of carbonyl (C=O) groups is 2. The molecule has 0 fully saturated rings. The zero-order chi connectivity index (χ0) is 23.0. The lowest BCUT2D eigenvalue weighted by Crippen LogP contribution is -2.27. The van der Waals surface area contributed by atoms with Crippen LogP contribution in [0.15, 0.2) is 84.0 Å². The molecular weight excluding hydrogens is 418 g/mol. The van der Waals surface area contributed by atoms with Crippen LogP contribution in [0.3, 0.4) is 0 Å². The van der Waals surface area contributed by atoms with Crippen LogP contribution in [0, 0.1) is 0 Å². The number of ether oxygens (including phenoxy) is 2. The molecule has 0 saturated carbocycles. The van der Waals surface area contributed by atoms with Gasteiger partial charge >= 0.3 is 0 Å². The summed E-state index contributed by atoms with van der Waals surface area (Å²) in [7, 11) is 0. The Balaban J connectivity index is 1.39. The van der Waals surface area contributed by atoms with Crippen LogP contribution >= 0.6 is 0 Å². The summed E-state index contributed by atoms with van der Waals surface area (Å²) in [6.45, 7) is 2.68. The van der Waals surface area contributed by atoms with Crippen LogP contribution in [0.25, 0.3) is 0 Å². The minimum Gasteiger partial charge on any atom is -0.486 e. The van der Waals surface area contributed by atoms with Gasteiger partial charge in [0.05, 0.1) is 12.3 Å². The topological polar surface area (TPSA) is 89.0 Å². The Hall–Kier alpha value is -4.13. The molecule has 0 aliphatic carbocycles. The highest BCUT2D eigenvalue weighted by atomic mass is 16.6. The van der Waals surface area contributed by atoms with E-state index >= 15 is 0 Å². The number of nitrogens with one attached hydrogen (secondary N) is 2. The van der Waals surface area contributed by atoms with Gasteiger partial charge in [0.25, 0.3) is 5.91 Å². The van der Waals surface area contributed by atoms with Crippen molar-refractivity contribution in [3.8, 4) is 11.5 Å². The molecule has 1 aliphatic rings. The molecule has 0 aromatic heterocycles. The van der Waals surface area contributed by atoms with E-state index in [9.17, 15) is 9.59 Å². The van der Waals surface area contributed by atoms with Crippen molar-refractivity contribution in [3.05, 3.63) is 90.0 Å². The van der Waals surface area contributed by atoms with Gasteiger partial charge in [-0.15, -0.1) is 0 Å². The number of anilines is 1. The SMILES string of the molecule is C/C(CC(=O)Nc1ccc2c(c1)OCCO2)=N/NC(=O)C(c1ccccc1)c1ccccc1. The first-order chi connectivity index (χ1) is 16.1. The van der Waals surface area contributed by atoms with Gasteiger partial charge in [-0.05, 0) is 30.2 Å². The van der Waals surface area contributed by atoms with Crippen molar-refractivity contribution in [3.63, 3.8) is 0 Å². The van der Waals surface area contributed by atoms with Gasteiger partial charge in [-0.25, -0.2) is 5.43 Å². The summed E-state index contributed by atoms with van der Waals surface area (Å²) in [5, 5.41) is 6.98. The molecule has 33 heavy (non-hydrogen) atoms. The standard InChI is InChI=1S/C26H25N3O4/c1-18(16-24(30)27-21-12-13-22-23(17-21)33-15-14-32-22)28-29-26(31)25(19-8-4-2-5-9-19)20-10-6-3-7-11-20/h2-13,17,25H,14-16H2,1H3,(H,27,30)(H,29,31)/b28-18-. The fraction of sp³-hybridized carbons (Fsp3) is 0.192. The fourth-order valence-electron chi connectivity index (χ4n) is 3.60. The summed E-state index contributed by atoms with van der Waals surface area (Å²) in [6, 6.07) is 24.3. The molecular formula is C26H25N3O4. The molecule has 3 aromatic carbocycles. The molecule has 1 heterocycles. The molecule has 0 bridgehead atoms. The molecule has 4 rings (SSSR count). The Morgan fingerprint density at radius 1 is 0.879 bits per heavy atom. The Labute approximate surface area is 192 Å². The number of amides is 2. The molecule has 0 unspecified atom stereocenters. The lowest BCUT2D eigenvalue weighted by molar-refractivity contribution is -0.121. The first kappa shape index (κ1) is 22.1. The van der Waals surface area contributed by atoms with E-state index in [2.05, 4.69) is 15.8 Å². The molecule has 0 atom stereocenters. The zero-order valence-corrected chi connectivity index (χ0v) is 18.3. The average molecular weight is 444 g/mol. The normalized spacial score (nSPS) is 12.8. The first-order valence-corrected chi connectivity index (χ1v) is 10.7. The number of nitrogens with zero attached hydrogens (tertiary/aromatic N) is 1. The van der Waals surface area contributed by atoms with E-state index < -0.39 is 5.92 Å². The van der Waals surface area contributed by atoms with Gasteiger partial charge in [0.1, 0.15) is 13.2 Å². The van der Waals surface area contributed by atoms with Crippen LogP contribution < -0.4 is 20.2 Å². The molecule has 0 spiro atoms. The number of hydrogen-bond donors (Lipinski definition) is 2. The highest BCUT2D eigenvalue weighted by Crippen LogP contribution is 2.32. The molecule has 0 saturated heterocycles. The minimum atomic E-state index is -0.504. The third-order valence-electron chi connectivity index (χ3n) is 5.13. The Kier molecular flexibility index (Phi) is 6.99. The molecule has 2 amide bonds. The van der Waals surface area contributed by atoms with Gasteiger partial charge in [0, 0.05) is 17.5 Å². The van der Waals surface area contributed by atoms with Crippen LogP contribution in [0.4, 0.5) is 5.69 Å². The average Bonchev–Trinajstić information content (AvgIpc) is 2.84. The van der Waals surface area contributed by atoms with Gasteiger partial charge in [0.15, 0.2) is 11.5 Å². The van der Waals surface area contributed by atoms with Crippen LogP contribution in [0.1, 0.15) is 30.4 Å². The Morgan fingerprint density at radius 3 is 2.12 bits per heavy atom. The van der Waals surface area contributed by atoms with Gasteiger partial charge in [-0.1, -0.05) is 60.7 Å². The number of carbonyl (C=O) groups excluding carboxylic acids is 2. The summed E-state index contributed by atoms with van der Waals surface area (Å²) < 4.78 is 11.0. The number of fused-ring (bicyclic) bond motifs is 1. The predicted molar refractivity (Wildman–Crippen MR) is 127 cm³/mol. The highest BCUT2D eigenvalue weighted by Gasteiger charge is 2.22. The van der Waals surface area contributed by atoms with Gasteiger partial charge in [-0.3, -0.25) is 9.59 Å². The highest BCUT2D eigenvalue weighted by molar-refractivity contribution is 6.06. The second-order valence-corrected chi connectivity index (χ2v) is 7.66. The van der Waals surface area contributed by atoms with Gasteiger partial charge in [0.2, 0.25) is 5.91 Å². The maximum atomic E-state index is 13.0. The van der Waals surface area contributed by atoms with Gasteiger partial charge in [-0.2, -0.15) is 5.10 Å². The van der Waals surface area contributed by atoms with E-state index in [0.717, 1.165) is 11.1 Å². The van der Waals surface area contributed by atoms with Crippen molar-refractivity contribution in [1.82, 2.24) is 5.43 Å². The summed E-state index contributed by atoms with van der Waals surface area (Å²) in [5.74, 6) is 0.245. The molecule has 1 aliphatic heterocycles. The van der Waals surface area contributed by atoms with E-state index in [1.54, 1.807) is 25.1 Å². The number of benzene rings is 3. The second-order valence-electron chi connectivity index (χ2n) is 7.66. The van der Waals surface area contributed by atoms with Crippen LogP contribution in [-0.4, -0.2) is 30.7 Å². The van der Waals surface area contributed by atoms with Crippen molar-refractivity contribution < 1.29 is 19.1 Å². The summed E-state index contributed by atoms with van der Waals surface area (Å²) in [5.41, 5.74) is 5.44. The van der Waals surface area contributed by atoms with E-state index in [1.807, 2.05) is 60.7 Å². The summed E-state index contributed by atoms with van der Waals surface area (Å²) >= 11 is 0. The lowest BCUT2D eigenvalue weighted by atomic mass is 9.91. The predicted octanol–water partition coefficient (Wildman–Crippen LogP) is 4.11. The van der Waals surface area contributed by atoms with E-state index in [0.29, 0.717) is 36.1 Å². The maximum absolute atomic E-state index is 13.0. The third kappa shape index (κ3) is 5.77. The zero-order valence-electron chi connectivity index (χ0n) is 18.3. The molecule has 168 valence electrons. The van der Waals surface area contributed by atoms with Crippen molar-refractivity contribution in [1.29, 1.82) is 0 Å². The van der Waals surface area contributed by atoms with Crippen molar-refractivity contribution >= 4 is 23.2 Å². The number of hydrogen-bond acceptors (Lipinski definition) is 5.